The zero-order valence-electron chi connectivity index (χ0n) is 9.58. The highest BCUT2D eigenvalue weighted by atomic mass is 79.9. The second kappa shape index (κ2) is 5.50. The standard InChI is InChI=1S/C13H10BrClN2O/c1-8-3-2-4-11(16-8)13(18)17-12-7-9(15)5-6-10(12)14/h2-7H,1H3,(H,17,18). The minimum Gasteiger partial charge on any atom is -0.320 e. The lowest BCUT2D eigenvalue weighted by Crippen LogP contribution is -2.14. The molecule has 3 nitrogen and oxygen atoms in total. The molecule has 0 bridgehead atoms. The monoisotopic (exact) mass is 324 g/mol. The molecule has 1 heterocycles. The molecule has 0 aliphatic rings. The molecular weight excluding hydrogens is 316 g/mol. The minimum absolute atomic E-state index is 0.262. The zero-order chi connectivity index (χ0) is 13.1. The first kappa shape index (κ1) is 13.1. The molecule has 0 saturated heterocycles. The van der Waals surface area contributed by atoms with E-state index in [-0.39, 0.29) is 5.91 Å². The van der Waals surface area contributed by atoms with Gasteiger partial charge in [0.05, 0.1) is 5.69 Å². The van der Waals surface area contributed by atoms with Gasteiger partial charge >= 0.3 is 0 Å². The first-order valence-electron chi connectivity index (χ1n) is 5.26. The number of halogens is 2. The van der Waals surface area contributed by atoms with Gasteiger partial charge in [-0.1, -0.05) is 17.7 Å². The summed E-state index contributed by atoms with van der Waals surface area (Å²) < 4.78 is 0.771. The topological polar surface area (TPSA) is 42.0 Å². The Kier molecular flexibility index (Phi) is 3.99. The summed E-state index contributed by atoms with van der Waals surface area (Å²) in [5, 5.41) is 3.32. The summed E-state index contributed by atoms with van der Waals surface area (Å²) in [5.41, 5.74) is 1.80. The van der Waals surface area contributed by atoms with Crippen LogP contribution in [0.4, 0.5) is 5.69 Å². The van der Waals surface area contributed by atoms with E-state index in [0.29, 0.717) is 16.4 Å². The van der Waals surface area contributed by atoms with Crippen LogP contribution in [0.2, 0.25) is 5.02 Å². The molecule has 1 amide bonds. The lowest BCUT2D eigenvalue weighted by molar-refractivity contribution is 0.102. The van der Waals surface area contributed by atoms with Gasteiger partial charge in [0.2, 0.25) is 0 Å². The molecule has 0 fully saturated rings. The number of aromatic nitrogens is 1. The van der Waals surface area contributed by atoms with Crippen molar-refractivity contribution in [3.63, 3.8) is 0 Å². The van der Waals surface area contributed by atoms with Crippen molar-refractivity contribution in [1.29, 1.82) is 0 Å². The summed E-state index contributed by atoms with van der Waals surface area (Å²) in [5.74, 6) is -0.262. The summed E-state index contributed by atoms with van der Waals surface area (Å²) >= 11 is 9.24. The van der Waals surface area contributed by atoms with Gasteiger partial charge in [0.1, 0.15) is 5.69 Å². The van der Waals surface area contributed by atoms with Crippen molar-refractivity contribution in [2.24, 2.45) is 0 Å². The number of benzene rings is 1. The summed E-state index contributed by atoms with van der Waals surface area (Å²) in [7, 11) is 0. The van der Waals surface area contributed by atoms with Gasteiger partial charge in [0, 0.05) is 15.2 Å². The van der Waals surface area contributed by atoms with E-state index < -0.39 is 0 Å². The fourth-order valence-corrected chi connectivity index (χ4v) is 1.97. The Labute approximate surface area is 118 Å². The molecule has 0 aliphatic carbocycles. The van der Waals surface area contributed by atoms with E-state index in [1.165, 1.54) is 0 Å². The van der Waals surface area contributed by atoms with Crippen LogP contribution in [0.3, 0.4) is 0 Å². The van der Waals surface area contributed by atoms with E-state index >= 15 is 0 Å². The number of nitrogens with one attached hydrogen (secondary N) is 1. The molecule has 2 rings (SSSR count). The zero-order valence-corrected chi connectivity index (χ0v) is 11.9. The van der Waals surface area contributed by atoms with Crippen molar-refractivity contribution in [3.05, 3.63) is 57.3 Å². The largest absolute Gasteiger partial charge is 0.320 e. The summed E-state index contributed by atoms with van der Waals surface area (Å²) in [6.07, 6.45) is 0. The molecule has 0 unspecified atom stereocenters. The molecule has 1 aromatic heterocycles. The van der Waals surface area contributed by atoms with Crippen LogP contribution in [0.5, 0.6) is 0 Å². The molecule has 1 aromatic carbocycles. The fourth-order valence-electron chi connectivity index (χ4n) is 1.45. The average molecular weight is 326 g/mol. The van der Waals surface area contributed by atoms with Gasteiger partial charge in [0.15, 0.2) is 0 Å². The lowest BCUT2D eigenvalue weighted by atomic mass is 10.2. The van der Waals surface area contributed by atoms with Gasteiger partial charge in [0.25, 0.3) is 5.91 Å². The van der Waals surface area contributed by atoms with Crippen molar-refractivity contribution in [2.45, 2.75) is 6.92 Å². The number of aryl methyl sites for hydroxylation is 1. The molecule has 92 valence electrons. The van der Waals surface area contributed by atoms with Gasteiger partial charge in [-0.25, -0.2) is 4.98 Å². The van der Waals surface area contributed by atoms with Gasteiger partial charge < -0.3 is 5.32 Å². The second-order valence-corrected chi connectivity index (χ2v) is 5.03. The summed E-state index contributed by atoms with van der Waals surface area (Å²) in [4.78, 5) is 16.2. The maximum atomic E-state index is 12.0. The third kappa shape index (κ3) is 3.09. The number of rotatable bonds is 2. The third-order valence-electron chi connectivity index (χ3n) is 2.30. The van der Waals surface area contributed by atoms with Crippen LogP contribution in [0.25, 0.3) is 0 Å². The summed E-state index contributed by atoms with van der Waals surface area (Å²) in [6, 6.07) is 10.5. The molecule has 0 saturated carbocycles. The van der Waals surface area contributed by atoms with Crippen LogP contribution in [0, 0.1) is 6.92 Å². The normalized spacial score (nSPS) is 10.2. The number of nitrogens with zero attached hydrogens (tertiary/aromatic N) is 1. The van der Waals surface area contributed by atoms with Crippen molar-refractivity contribution < 1.29 is 4.79 Å². The Balaban J connectivity index is 2.24. The minimum atomic E-state index is -0.262. The van der Waals surface area contributed by atoms with E-state index in [0.717, 1.165) is 10.2 Å². The highest BCUT2D eigenvalue weighted by Gasteiger charge is 2.09. The molecule has 1 N–H and O–H groups in total. The Hall–Kier alpha value is -1.39. The first-order valence-corrected chi connectivity index (χ1v) is 6.43. The maximum absolute atomic E-state index is 12.0. The fraction of sp³-hybridized carbons (Fsp3) is 0.0769. The number of carbonyl (C=O) groups is 1. The van der Waals surface area contributed by atoms with Crippen LogP contribution in [-0.4, -0.2) is 10.9 Å². The Morgan fingerprint density at radius 3 is 2.83 bits per heavy atom. The van der Waals surface area contributed by atoms with Crippen LogP contribution < -0.4 is 5.32 Å². The van der Waals surface area contributed by atoms with E-state index in [4.69, 9.17) is 11.6 Å². The van der Waals surface area contributed by atoms with E-state index in [1.54, 1.807) is 30.3 Å². The van der Waals surface area contributed by atoms with E-state index in [2.05, 4.69) is 26.2 Å². The Bertz CT molecular complexity index is 601. The summed E-state index contributed by atoms with van der Waals surface area (Å²) in [6.45, 7) is 1.84. The van der Waals surface area contributed by atoms with E-state index in [1.807, 2.05) is 13.0 Å². The number of anilines is 1. The van der Waals surface area contributed by atoms with Crippen molar-refractivity contribution in [3.8, 4) is 0 Å². The third-order valence-corrected chi connectivity index (χ3v) is 3.22. The Morgan fingerprint density at radius 2 is 2.11 bits per heavy atom. The van der Waals surface area contributed by atoms with E-state index in [9.17, 15) is 4.79 Å². The van der Waals surface area contributed by atoms with Crippen LogP contribution in [0.15, 0.2) is 40.9 Å². The molecule has 0 atom stereocenters. The van der Waals surface area contributed by atoms with Gasteiger partial charge in [-0.2, -0.15) is 0 Å². The van der Waals surface area contributed by atoms with Crippen LogP contribution in [0.1, 0.15) is 16.2 Å². The smallest absolute Gasteiger partial charge is 0.274 e. The quantitative estimate of drug-likeness (QED) is 0.905. The number of amides is 1. The van der Waals surface area contributed by atoms with Crippen molar-refractivity contribution in [1.82, 2.24) is 4.98 Å². The van der Waals surface area contributed by atoms with Crippen LogP contribution >= 0.6 is 27.5 Å². The van der Waals surface area contributed by atoms with Crippen molar-refractivity contribution >= 4 is 39.1 Å². The molecule has 0 spiro atoms. The lowest BCUT2D eigenvalue weighted by Gasteiger charge is -2.07. The highest BCUT2D eigenvalue weighted by molar-refractivity contribution is 9.10. The SMILES string of the molecule is Cc1cccc(C(=O)Nc2cc(Cl)ccc2Br)n1. The van der Waals surface area contributed by atoms with Gasteiger partial charge in [-0.15, -0.1) is 0 Å². The first-order chi connectivity index (χ1) is 8.56. The molecular formula is C13H10BrClN2O. The number of pyridine rings is 1. The Morgan fingerprint density at radius 1 is 1.33 bits per heavy atom. The maximum Gasteiger partial charge on any atom is 0.274 e. The predicted octanol–water partition coefficient (Wildman–Crippen LogP) is 4.06. The molecule has 0 radical (unpaired) electrons. The van der Waals surface area contributed by atoms with Gasteiger partial charge in [-0.3, -0.25) is 4.79 Å². The van der Waals surface area contributed by atoms with Crippen LogP contribution in [-0.2, 0) is 0 Å². The van der Waals surface area contributed by atoms with Crippen molar-refractivity contribution in [2.75, 3.05) is 5.32 Å². The molecule has 18 heavy (non-hydrogen) atoms. The predicted molar refractivity (Wildman–Crippen MR) is 76.1 cm³/mol. The average Bonchev–Trinajstić information content (AvgIpc) is 2.34. The van der Waals surface area contributed by atoms with Gasteiger partial charge in [-0.05, 0) is 53.2 Å². The molecule has 0 aliphatic heterocycles. The molecule has 2 aromatic rings. The second-order valence-electron chi connectivity index (χ2n) is 3.74. The number of hydrogen-bond donors (Lipinski definition) is 1. The molecule has 5 heteroatoms. The number of hydrogen-bond acceptors (Lipinski definition) is 2. The highest BCUT2D eigenvalue weighted by Crippen LogP contribution is 2.26. The number of carbonyl (C=O) groups excluding carboxylic acids is 1.